The van der Waals surface area contributed by atoms with E-state index >= 15 is 0 Å². The van der Waals surface area contributed by atoms with Crippen LogP contribution in [0.5, 0.6) is 0 Å². The second-order valence-electron chi connectivity index (χ2n) is 23.2. The minimum Gasteiger partial charge on any atom is -0.462 e. The van der Waals surface area contributed by atoms with Gasteiger partial charge in [0.1, 0.15) is 19.3 Å². The summed E-state index contributed by atoms with van der Waals surface area (Å²) in [6.45, 7) is 4.75. The van der Waals surface area contributed by atoms with E-state index in [1.54, 1.807) is 0 Å². The molecule has 0 rings (SSSR count). The third-order valence-electron chi connectivity index (χ3n) is 14.6. The maximum absolute atomic E-state index is 13.0. The molecule has 0 heterocycles. The van der Waals surface area contributed by atoms with Crippen molar-refractivity contribution in [1.82, 2.24) is 0 Å². The van der Waals surface area contributed by atoms with Crippen LogP contribution in [0.1, 0.15) is 304 Å². The van der Waals surface area contributed by atoms with E-state index in [4.69, 9.17) is 37.0 Å². The van der Waals surface area contributed by atoms with Crippen molar-refractivity contribution in [2.75, 3.05) is 39.6 Å². The molecule has 0 aromatic heterocycles. The van der Waals surface area contributed by atoms with E-state index in [-0.39, 0.29) is 25.7 Å². The molecule has 0 aliphatic rings. The van der Waals surface area contributed by atoms with Gasteiger partial charge in [-0.05, 0) is 77.0 Å². The SMILES string of the molecule is CCCCCC/C=C\C=C/CCCCCCCC(=O)OC[C@H](COP(=O)(O)OC[C@@H](O)COP(=O)(O)OC[C@@H](COC(=O)CCCCCCCCCC)OC(=O)CCCCCCCCCCC)OC(=O)CCCCCCC/C=C\C=C/CCCCCC. The fourth-order valence-corrected chi connectivity index (χ4v) is 10.8. The van der Waals surface area contributed by atoms with Crippen molar-refractivity contribution in [3.05, 3.63) is 48.6 Å². The zero-order chi connectivity index (χ0) is 64.0. The lowest BCUT2D eigenvalue weighted by Crippen LogP contribution is -2.30. The number of aliphatic hydroxyl groups excluding tert-OH is 1. The highest BCUT2D eigenvalue weighted by molar-refractivity contribution is 7.47. The van der Waals surface area contributed by atoms with Crippen molar-refractivity contribution < 1.29 is 80.2 Å². The van der Waals surface area contributed by atoms with Crippen LogP contribution < -0.4 is 0 Å². The lowest BCUT2D eigenvalue weighted by molar-refractivity contribution is -0.161. The van der Waals surface area contributed by atoms with Gasteiger partial charge in [-0.1, -0.05) is 250 Å². The number of carbonyl (C=O) groups is 4. The first-order chi connectivity index (χ1) is 42.2. The zero-order valence-corrected chi connectivity index (χ0v) is 56.7. The molecule has 0 aliphatic heterocycles. The predicted molar refractivity (Wildman–Crippen MR) is 349 cm³/mol. The number of hydrogen-bond donors (Lipinski definition) is 3. The van der Waals surface area contributed by atoms with Gasteiger partial charge in [0, 0.05) is 25.7 Å². The quantitative estimate of drug-likeness (QED) is 0.0169. The van der Waals surface area contributed by atoms with E-state index in [2.05, 4.69) is 76.3 Å². The van der Waals surface area contributed by atoms with Crippen molar-refractivity contribution in [1.29, 1.82) is 0 Å². The average Bonchev–Trinajstić information content (AvgIpc) is 3.52. The smallest absolute Gasteiger partial charge is 0.462 e. The van der Waals surface area contributed by atoms with E-state index < -0.39 is 97.5 Å². The van der Waals surface area contributed by atoms with Crippen LogP contribution in [-0.4, -0.2) is 96.7 Å². The van der Waals surface area contributed by atoms with Gasteiger partial charge in [-0.2, -0.15) is 0 Å². The Morgan fingerprint density at radius 2 is 0.552 bits per heavy atom. The Morgan fingerprint density at radius 1 is 0.322 bits per heavy atom. The number of ether oxygens (including phenoxy) is 4. The van der Waals surface area contributed by atoms with Crippen molar-refractivity contribution in [3.8, 4) is 0 Å². The van der Waals surface area contributed by atoms with Crippen LogP contribution >= 0.6 is 15.6 Å². The summed E-state index contributed by atoms with van der Waals surface area (Å²) < 4.78 is 68.0. The third-order valence-corrected chi connectivity index (χ3v) is 16.5. The van der Waals surface area contributed by atoms with Gasteiger partial charge >= 0.3 is 39.5 Å². The Bertz CT molecular complexity index is 1860. The number of esters is 4. The summed E-state index contributed by atoms with van der Waals surface area (Å²) in [6, 6.07) is 0. The fourth-order valence-electron chi connectivity index (χ4n) is 9.26. The lowest BCUT2D eigenvalue weighted by Gasteiger charge is -2.21. The van der Waals surface area contributed by atoms with E-state index in [0.29, 0.717) is 25.7 Å². The molecule has 17 nitrogen and oxygen atoms in total. The van der Waals surface area contributed by atoms with Crippen molar-refractivity contribution >= 4 is 39.5 Å². The molecule has 19 heteroatoms. The Balaban J connectivity index is 5.29. The molecule has 0 spiro atoms. The number of phosphoric ester groups is 2. The summed E-state index contributed by atoms with van der Waals surface area (Å²) >= 11 is 0. The van der Waals surface area contributed by atoms with Crippen LogP contribution in [0.2, 0.25) is 0 Å². The first-order valence-corrected chi connectivity index (χ1v) is 37.4. The van der Waals surface area contributed by atoms with Crippen LogP contribution in [0.25, 0.3) is 0 Å². The number of allylic oxidation sites excluding steroid dienone is 8. The highest BCUT2D eigenvalue weighted by Gasteiger charge is 2.30. The molecule has 0 radical (unpaired) electrons. The van der Waals surface area contributed by atoms with Crippen LogP contribution in [0.4, 0.5) is 0 Å². The van der Waals surface area contributed by atoms with Crippen molar-refractivity contribution in [2.24, 2.45) is 0 Å². The maximum atomic E-state index is 13.0. The molecule has 2 unspecified atom stereocenters. The molecule has 0 bridgehead atoms. The Hall–Kier alpha value is -2.98. The largest absolute Gasteiger partial charge is 0.472 e. The Kier molecular flexibility index (Phi) is 59.7. The predicted octanol–water partition coefficient (Wildman–Crippen LogP) is 18.6. The highest BCUT2D eigenvalue weighted by Crippen LogP contribution is 2.45. The molecular weight excluding hydrogens is 1150 g/mol. The van der Waals surface area contributed by atoms with Crippen LogP contribution in [0, 0.1) is 0 Å². The maximum Gasteiger partial charge on any atom is 0.472 e. The molecule has 0 aromatic carbocycles. The molecule has 508 valence electrons. The summed E-state index contributed by atoms with van der Waals surface area (Å²) in [5.74, 6) is -2.19. The number of phosphoric acid groups is 2. The van der Waals surface area contributed by atoms with Crippen molar-refractivity contribution in [3.63, 3.8) is 0 Å². The van der Waals surface area contributed by atoms with E-state index in [1.165, 1.54) is 96.3 Å². The standard InChI is InChI=1S/C68H124O17P2/c1-5-9-13-17-21-25-27-29-31-33-35-38-41-45-49-53-66(71)79-59-64(85-68(73)55-51-47-43-39-36-34-32-30-28-26-22-18-14-10-6-2)61-83-87(76,77)81-57-62(69)56-80-86(74,75)82-60-63(58-78-65(70)52-48-44-40-24-20-16-12-8-4)84-67(72)54-50-46-42-37-23-19-15-11-7-3/h25-32,62-64,69H,5-24,33-61H2,1-4H3,(H,74,75)(H,76,77)/b27-25-,28-26-,31-29-,32-30-/t62-,63+,64+/m0/s1. The minimum atomic E-state index is -4.96. The van der Waals surface area contributed by atoms with Crippen molar-refractivity contribution in [2.45, 2.75) is 322 Å². The molecule has 87 heavy (non-hydrogen) atoms. The minimum absolute atomic E-state index is 0.0784. The third kappa shape index (κ3) is 61.6. The normalized spacial score (nSPS) is 14.4. The lowest BCUT2D eigenvalue weighted by atomic mass is 10.1. The molecular formula is C68H124O17P2. The number of carbonyl (C=O) groups excluding carboxylic acids is 4. The van der Waals surface area contributed by atoms with Gasteiger partial charge in [0.25, 0.3) is 0 Å². The van der Waals surface area contributed by atoms with E-state index in [0.717, 1.165) is 128 Å². The highest BCUT2D eigenvalue weighted by atomic mass is 31.2. The number of aliphatic hydroxyl groups is 1. The van der Waals surface area contributed by atoms with Crippen LogP contribution in [0.3, 0.4) is 0 Å². The van der Waals surface area contributed by atoms with E-state index in [9.17, 15) is 43.2 Å². The Labute approximate surface area is 527 Å². The molecule has 3 N–H and O–H groups in total. The molecule has 0 saturated carbocycles. The fraction of sp³-hybridized carbons (Fsp3) is 0.824. The van der Waals surface area contributed by atoms with Gasteiger partial charge in [0.15, 0.2) is 12.2 Å². The Morgan fingerprint density at radius 3 is 0.839 bits per heavy atom. The summed E-state index contributed by atoms with van der Waals surface area (Å²) in [5, 5.41) is 10.5. The van der Waals surface area contributed by atoms with Gasteiger partial charge in [-0.15, -0.1) is 0 Å². The molecule has 0 amide bonds. The van der Waals surface area contributed by atoms with Crippen LogP contribution in [0.15, 0.2) is 48.6 Å². The van der Waals surface area contributed by atoms with Gasteiger partial charge in [0.05, 0.1) is 26.4 Å². The molecule has 0 saturated heterocycles. The topological polar surface area (TPSA) is 237 Å². The summed E-state index contributed by atoms with van der Waals surface area (Å²) in [5.41, 5.74) is 0. The number of unbranched alkanes of at least 4 members (excludes halogenated alkanes) is 33. The van der Waals surface area contributed by atoms with Crippen LogP contribution in [-0.2, 0) is 65.4 Å². The van der Waals surface area contributed by atoms with Gasteiger partial charge in [-0.3, -0.25) is 37.3 Å². The van der Waals surface area contributed by atoms with Gasteiger partial charge in [-0.25, -0.2) is 9.13 Å². The number of hydrogen-bond acceptors (Lipinski definition) is 15. The second-order valence-corrected chi connectivity index (χ2v) is 26.1. The first-order valence-electron chi connectivity index (χ1n) is 34.4. The molecule has 0 aromatic rings. The average molecular weight is 1280 g/mol. The summed E-state index contributed by atoms with van der Waals surface area (Å²) in [6.07, 6.45) is 54.4. The zero-order valence-electron chi connectivity index (χ0n) is 55.0. The second kappa shape index (κ2) is 61.9. The molecule has 0 aliphatic carbocycles. The summed E-state index contributed by atoms with van der Waals surface area (Å²) in [7, 11) is -9.91. The summed E-state index contributed by atoms with van der Waals surface area (Å²) in [4.78, 5) is 72.2. The number of rotatable bonds is 65. The van der Waals surface area contributed by atoms with Gasteiger partial charge in [0.2, 0.25) is 0 Å². The first kappa shape index (κ1) is 84.0. The molecule has 0 fully saturated rings. The van der Waals surface area contributed by atoms with E-state index in [1.807, 2.05) is 0 Å². The monoisotopic (exact) mass is 1270 g/mol. The van der Waals surface area contributed by atoms with Gasteiger partial charge < -0.3 is 33.8 Å². The molecule has 5 atom stereocenters.